The second kappa shape index (κ2) is 6.78. The number of carbonyl (C=O) groups excluding carboxylic acids is 1. The number of carbonyl (C=O) groups is 1. The summed E-state index contributed by atoms with van der Waals surface area (Å²) >= 11 is 0. The molecule has 0 aromatic heterocycles. The molecule has 0 saturated carbocycles. The molecule has 0 aliphatic carbocycles. The summed E-state index contributed by atoms with van der Waals surface area (Å²) in [7, 11) is 0. The first-order valence-electron chi connectivity index (χ1n) is 7.30. The molecule has 0 aliphatic rings. The number of hydrogen-bond acceptors (Lipinski definition) is 4. The maximum atomic E-state index is 11.9. The number of non-ortho nitro benzene ring substituents is 1. The highest BCUT2D eigenvalue weighted by atomic mass is 16.6. The quantitative estimate of drug-likeness (QED) is 0.580. The molecule has 3 aromatic carbocycles. The lowest BCUT2D eigenvalue weighted by atomic mass is 10.0. The average Bonchev–Trinajstić information content (AvgIpc) is 2.60. The molecule has 1 amide bonds. The van der Waals surface area contributed by atoms with Crippen LogP contribution in [0, 0.1) is 10.1 Å². The van der Waals surface area contributed by atoms with Crippen molar-refractivity contribution in [3.63, 3.8) is 0 Å². The van der Waals surface area contributed by atoms with Gasteiger partial charge in [-0.05, 0) is 28.5 Å². The maximum Gasteiger partial charge on any atom is 0.412 e. The van der Waals surface area contributed by atoms with Crippen molar-refractivity contribution in [2.75, 3.05) is 0 Å². The smallest absolute Gasteiger partial charge is 0.410 e. The van der Waals surface area contributed by atoms with Crippen LogP contribution in [-0.2, 0) is 6.54 Å². The van der Waals surface area contributed by atoms with Crippen LogP contribution in [0.4, 0.5) is 10.5 Å². The van der Waals surface area contributed by atoms with Gasteiger partial charge in [-0.2, -0.15) is 0 Å². The lowest BCUT2D eigenvalue weighted by Gasteiger charge is -2.09. The van der Waals surface area contributed by atoms with Gasteiger partial charge < -0.3 is 10.1 Å². The van der Waals surface area contributed by atoms with E-state index in [1.165, 1.54) is 24.3 Å². The van der Waals surface area contributed by atoms with Gasteiger partial charge in [-0.1, -0.05) is 42.5 Å². The average molecular weight is 322 g/mol. The summed E-state index contributed by atoms with van der Waals surface area (Å²) in [5.41, 5.74) is 0.923. The molecule has 0 atom stereocenters. The molecule has 3 aromatic rings. The molecule has 0 radical (unpaired) electrons. The Labute approximate surface area is 137 Å². The van der Waals surface area contributed by atoms with Crippen molar-refractivity contribution in [3.05, 3.63) is 82.4 Å². The van der Waals surface area contributed by atoms with Crippen molar-refractivity contribution in [2.45, 2.75) is 6.54 Å². The lowest BCUT2D eigenvalue weighted by Crippen LogP contribution is -2.26. The van der Waals surface area contributed by atoms with Crippen LogP contribution < -0.4 is 10.1 Å². The fourth-order valence-electron chi connectivity index (χ4n) is 2.39. The third-order valence-corrected chi connectivity index (χ3v) is 3.56. The zero-order valence-electron chi connectivity index (χ0n) is 12.6. The number of ether oxygens (including phenoxy) is 1. The van der Waals surface area contributed by atoms with Gasteiger partial charge in [-0.3, -0.25) is 10.1 Å². The Bertz CT molecular complexity index is 886. The number of benzene rings is 3. The van der Waals surface area contributed by atoms with Crippen LogP contribution in [0.25, 0.3) is 10.8 Å². The molecule has 120 valence electrons. The van der Waals surface area contributed by atoms with Crippen molar-refractivity contribution in [1.82, 2.24) is 5.32 Å². The predicted molar refractivity (Wildman–Crippen MR) is 89.9 cm³/mol. The summed E-state index contributed by atoms with van der Waals surface area (Å²) in [5.74, 6) is 0.246. The van der Waals surface area contributed by atoms with Crippen LogP contribution in [0.3, 0.4) is 0 Å². The summed E-state index contributed by atoms with van der Waals surface area (Å²) in [6.07, 6.45) is -0.614. The number of rotatable bonds is 4. The summed E-state index contributed by atoms with van der Waals surface area (Å²) < 4.78 is 5.11. The van der Waals surface area contributed by atoms with Gasteiger partial charge >= 0.3 is 6.09 Å². The molecular formula is C18H14N2O4. The maximum absolute atomic E-state index is 11.9. The van der Waals surface area contributed by atoms with E-state index in [9.17, 15) is 14.9 Å². The van der Waals surface area contributed by atoms with Crippen LogP contribution in [0.1, 0.15) is 5.56 Å². The van der Waals surface area contributed by atoms with Crippen LogP contribution in [0.2, 0.25) is 0 Å². The van der Waals surface area contributed by atoms with E-state index in [0.717, 1.165) is 16.3 Å². The molecule has 24 heavy (non-hydrogen) atoms. The number of fused-ring (bicyclic) bond motifs is 1. The Kier molecular flexibility index (Phi) is 4.38. The molecule has 6 heteroatoms. The van der Waals surface area contributed by atoms with Gasteiger partial charge in [0.1, 0.15) is 5.75 Å². The van der Waals surface area contributed by atoms with E-state index < -0.39 is 11.0 Å². The fourth-order valence-corrected chi connectivity index (χ4v) is 2.39. The van der Waals surface area contributed by atoms with Crippen molar-refractivity contribution < 1.29 is 14.5 Å². The first kappa shape index (κ1) is 15.5. The Hall–Kier alpha value is -3.41. The Morgan fingerprint density at radius 2 is 1.71 bits per heavy atom. The SMILES string of the molecule is O=C(NCc1cccc2ccccc12)Oc1ccc([N+](=O)[O-])cc1. The standard InChI is InChI=1S/C18H14N2O4/c21-18(24-16-10-8-15(9-11-16)20(22)23)19-12-14-6-3-5-13-4-1-2-7-17(13)14/h1-11H,12H2,(H,19,21). The molecule has 3 rings (SSSR count). The van der Waals surface area contributed by atoms with E-state index in [4.69, 9.17) is 4.74 Å². The summed E-state index contributed by atoms with van der Waals surface area (Å²) in [6.45, 7) is 0.327. The molecule has 0 saturated heterocycles. The van der Waals surface area contributed by atoms with E-state index in [1.54, 1.807) is 0 Å². The van der Waals surface area contributed by atoms with Crippen molar-refractivity contribution >= 4 is 22.6 Å². The van der Waals surface area contributed by atoms with Gasteiger partial charge in [-0.15, -0.1) is 0 Å². The predicted octanol–water partition coefficient (Wildman–Crippen LogP) is 4.04. The molecule has 0 spiro atoms. The highest BCUT2D eigenvalue weighted by Crippen LogP contribution is 2.19. The molecule has 6 nitrogen and oxygen atoms in total. The largest absolute Gasteiger partial charge is 0.412 e. The number of amides is 1. The molecule has 0 aliphatic heterocycles. The van der Waals surface area contributed by atoms with Gasteiger partial charge in [0.05, 0.1) is 4.92 Å². The third-order valence-electron chi connectivity index (χ3n) is 3.56. The zero-order chi connectivity index (χ0) is 16.9. The van der Waals surface area contributed by atoms with Gasteiger partial charge in [0.25, 0.3) is 5.69 Å². The minimum atomic E-state index is -0.614. The van der Waals surface area contributed by atoms with E-state index >= 15 is 0 Å². The van der Waals surface area contributed by atoms with Crippen LogP contribution in [0.5, 0.6) is 5.75 Å². The Morgan fingerprint density at radius 1 is 1.00 bits per heavy atom. The van der Waals surface area contributed by atoms with Gasteiger partial charge in [0, 0.05) is 18.7 Å². The van der Waals surface area contributed by atoms with Gasteiger partial charge in [-0.25, -0.2) is 4.79 Å². The highest BCUT2D eigenvalue weighted by molar-refractivity contribution is 5.86. The number of nitrogens with zero attached hydrogens (tertiary/aromatic N) is 1. The second-order valence-corrected chi connectivity index (χ2v) is 5.13. The fraction of sp³-hybridized carbons (Fsp3) is 0.0556. The molecule has 0 unspecified atom stereocenters. The van der Waals surface area contributed by atoms with Gasteiger partial charge in [0.15, 0.2) is 0 Å². The first-order chi connectivity index (χ1) is 11.6. The van der Waals surface area contributed by atoms with E-state index in [1.807, 2.05) is 42.5 Å². The number of nitro groups is 1. The van der Waals surface area contributed by atoms with Crippen LogP contribution in [-0.4, -0.2) is 11.0 Å². The minimum absolute atomic E-state index is 0.0569. The molecule has 0 heterocycles. The third kappa shape index (κ3) is 3.49. The molecular weight excluding hydrogens is 308 g/mol. The van der Waals surface area contributed by atoms with Gasteiger partial charge in [0.2, 0.25) is 0 Å². The summed E-state index contributed by atoms with van der Waals surface area (Å²) in [5, 5.41) is 15.4. The zero-order valence-corrected chi connectivity index (χ0v) is 12.6. The highest BCUT2D eigenvalue weighted by Gasteiger charge is 2.08. The second-order valence-electron chi connectivity index (χ2n) is 5.13. The van der Waals surface area contributed by atoms with E-state index in [-0.39, 0.29) is 11.4 Å². The van der Waals surface area contributed by atoms with E-state index in [2.05, 4.69) is 5.32 Å². The molecule has 0 fully saturated rings. The first-order valence-corrected chi connectivity index (χ1v) is 7.30. The van der Waals surface area contributed by atoms with Crippen molar-refractivity contribution in [3.8, 4) is 5.75 Å². The number of nitrogens with one attached hydrogen (secondary N) is 1. The van der Waals surface area contributed by atoms with Crippen LogP contribution >= 0.6 is 0 Å². The molecule has 1 N–H and O–H groups in total. The van der Waals surface area contributed by atoms with E-state index in [0.29, 0.717) is 6.54 Å². The molecule has 0 bridgehead atoms. The Morgan fingerprint density at radius 3 is 2.46 bits per heavy atom. The van der Waals surface area contributed by atoms with Crippen molar-refractivity contribution in [2.24, 2.45) is 0 Å². The summed E-state index contributed by atoms with van der Waals surface area (Å²) in [6, 6.07) is 19.1. The van der Waals surface area contributed by atoms with Crippen LogP contribution in [0.15, 0.2) is 66.7 Å². The normalized spacial score (nSPS) is 10.3. The number of nitro benzene ring substituents is 1. The number of hydrogen-bond donors (Lipinski definition) is 1. The Balaban J connectivity index is 1.64. The monoisotopic (exact) mass is 322 g/mol. The summed E-state index contributed by atoms with van der Waals surface area (Å²) in [4.78, 5) is 22.0. The van der Waals surface area contributed by atoms with Crippen molar-refractivity contribution in [1.29, 1.82) is 0 Å². The lowest BCUT2D eigenvalue weighted by molar-refractivity contribution is -0.384. The topological polar surface area (TPSA) is 81.5 Å². The minimum Gasteiger partial charge on any atom is -0.410 e.